The number of likely N-dealkylation sites (N-methyl/N-ethyl adjacent to an activating group) is 1. The van der Waals surface area contributed by atoms with Gasteiger partial charge in [-0.3, -0.25) is 9.48 Å². The van der Waals surface area contributed by atoms with Crippen molar-refractivity contribution in [3.05, 3.63) is 30.6 Å². The monoisotopic (exact) mass is 208 g/mol. The van der Waals surface area contributed by atoms with Crippen LogP contribution in [0.1, 0.15) is 11.6 Å². The molecule has 1 amide bonds. The van der Waals surface area contributed by atoms with Crippen molar-refractivity contribution in [3.63, 3.8) is 0 Å². The van der Waals surface area contributed by atoms with Gasteiger partial charge < -0.3 is 10.6 Å². The lowest BCUT2D eigenvalue weighted by Gasteiger charge is -2.13. The molecule has 0 aliphatic rings. The molecule has 0 radical (unpaired) electrons. The van der Waals surface area contributed by atoms with E-state index in [-0.39, 0.29) is 11.9 Å². The smallest absolute Gasteiger partial charge is 0.242 e. The number of aromatic nitrogens is 2. The van der Waals surface area contributed by atoms with E-state index in [2.05, 4.69) is 22.3 Å². The van der Waals surface area contributed by atoms with Gasteiger partial charge in [-0.1, -0.05) is 6.08 Å². The predicted octanol–water partition coefficient (Wildman–Crippen LogP) is -0.0172. The first kappa shape index (κ1) is 11.5. The van der Waals surface area contributed by atoms with Crippen LogP contribution in [0.25, 0.3) is 0 Å². The van der Waals surface area contributed by atoms with Crippen molar-refractivity contribution >= 4 is 5.91 Å². The molecule has 1 unspecified atom stereocenters. The van der Waals surface area contributed by atoms with Gasteiger partial charge in [0, 0.05) is 25.4 Å². The lowest BCUT2D eigenvalue weighted by atomic mass is 10.1. The Balaban J connectivity index is 2.70. The highest BCUT2D eigenvalue weighted by atomic mass is 16.2. The largest absolute Gasteiger partial charge is 0.351 e. The van der Waals surface area contributed by atoms with Crippen molar-refractivity contribution in [3.8, 4) is 0 Å². The highest BCUT2D eigenvalue weighted by Crippen LogP contribution is 2.10. The Morgan fingerprint density at radius 1 is 1.80 bits per heavy atom. The van der Waals surface area contributed by atoms with Crippen molar-refractivity contribution in [2.75, 3.05) is 13.6 Å². The van der Waals surface area contributed by atoms with Gasteiger partial charge in [-0.05, 0) is 7.05 Å². The van der Waals surface area contributed by atoms with E-state index in [0.717, 1.165) is 5.56 Å². The van der Waals surface area contributed by atoms with Gasteiger partial charge in [-0.2, -0.15) is 5.10 Å². The standard InChI is InChI=1S/C10H16N4O/c1-4-5-12-10(15)9(11-2)8-6-13-14(3)7-8/h4,6-7,9,11H,1,5H2,2-3H3,(H,12,15). The Bertz CT molecular complexity index is 345. The first-order valence-corrected chi connectivity index (χ1v) is 4.73. The summed E-state index contributed by atoms with van der Waals surface area (Å²) in [5.41, 5.74) is 0.849. The first-order valence-electron chi connectivity index (χ1n) is 4.73. The van der Waals surface area contributed by atoms with Crippen LogP contribution in [0, 0.1) is 0 Å². The number of aryl methyl sites for hydroxylation is 1. The van der Waals surface area contributed by atoms with Crippen molar-refractivity contribution in [2.24, 2.45) is 7.05 Å². The molecule has 5 heteroatoms. The van der Waals surface area contributed by atoms with Crippen LogP contribution in [-0.2, 0) is 11.8 Å². The summed E-state index contributed by atoms with van der Waals surface area (Å²) < 4.78 is 1.67. The molecule has 0 bridgehead atoms. The van der Waals surface area contributed by atoms with Gasteiger partial charge in [-0.25, -0.2) is 0 Å². The fraction of sp³-hybridized carbons (Fsp3) is 0.400. The van der Waals surface area contributed by atoms with E-state index in [9.17, 15) is 4.79 Å². The lowest BCUT2D eigenvalue weighted by molar-refractivity contribution is -0.122. The van der Waals surface area contributed by atoms with Gasteiger partial charge in [-0.15, -0.1) is 6.58 Å². The molecule has 0 saturated heterocycles. The third-order valence-corrected chi connectivity index (χ3v) is 2.03. The molecule has 0 saturated carbocycles. The van der Waals surface area contributed by atoms with Crippen LogP contribution in [-0.4, -0.2) is 29.3 Å². The number of rotatable bonds is 5. The number of amides is 1. The Labute approximate surface area is 89.2 Å². The number of hydrogen-bond donors (Lipinski definition) is 2. The van der Waals surface area contributed by atoms with Crippen molar-refractivity contribution in [2.45, 2.75) is 6.04 Å². The van der Waals surface area contributed by atoms with Crippen LogP contribution in [0.5, 0.6) is 0 Å². The molecule has 0 aliphatic carbocycles. The molecule has 0 fully saturated rings. The van der Waals surface area contributed by atoms with Crippen LogP contribution in [0.2, 0.25) is 0 Å². The summed E-state index contributed by atoms with van der Waals surface area (Å²) in [4.78, 5) is 11.7. The Morgan fingerprint density at radius 3 is 3.00 bits per heavy atom. The van der Waals surface area contributed by atoms with Crippen LogP contribution in [0.3, 0.4) is 0 Å². The molecule has 1 rings (SSSR count). The zero-order valence-electron chi connectivity index (χ0n) is 9.03. The molecule has 5 nitrogen and oxygen atoms in total. The molecule has 1 heterocycles. The molecule has 0 aliphatic heterocycles. The minimum atomic E-state index is -0.362. The number of carbonyl (C=O) groups is 1. The van der Waals surface area contributed by atoms with E-state index in [1.54, 1.807) is 24.0 Å². The highest BCUT2D eigenvalue weighted by Gasteiger charge is 2.18. The van der Waals surface area contributed by atoms with Crippen molar-refractivity contribution < 1.29 is 4.79 Å². The summed E-state index contributed by atoms with van der Waals surface area (Å²) in [6.07, 6.45) is 5.14. The average Bonchev–Trinajstić information content (AvgIpc) is 2.63. The zero-order chi connectivity index (χ0) is 11.3. The molecule has 15 heavy (non-hydrogen) atoms. The fourth-order valence-electron chi connectivity index (χ4n) is 1.31. The Kier molecular flexibility index (Phi) is 4.05. The summed E-state index contributed by atoms with van der Waals surface area (Å²) in [6, 6.07) is -0.362. The van der Waals surface area contributed by atoms with E-state index in [4.69, 9.17) is 0 Å². The van der Waals surface area contributed by atoms with Crippen LogP contribution in [0.4, 0.5) is 0 Å². The molecule has 0 spiro atoms. The lowest BCUT2D eigenvalue weighted by Crippen LogP contribution is -2.35. The van der Waals surface area contributed by atoms with E-state index in [0.29, 0.717) is 6.54 Å². The summed E-state index contributed by atoms with van der Waals surface area (Å²) in [6.45, 7) is 4.01. The topological polar surface area (TPSA) is 59.0 Å². The van der Waals surface area contributed by atoms with Gasteiger partial charge in [0.05, 0.1) is 6.20 Å². The second-order valence-electron chi connectivity index (χ2n) is 3.20. The number of nitrogens with zero attached hydrogens (tertiary/aromatic N) is 2. The normalized spacial score (nSPS) is 12.1. The summed E-state index contributed by atoms with van der Waals surface area (Å²) in [5, 5.41) is 9.70. The van der Waals surface area contributed by atoms with Gasteiger partial charge in [0.2, 0.25) is 5.91 Å². The average molecular weight is 208 g/mol. The third kappa shape index (κ3) is 2.92. The van der Waals surface area contributed by atoms with Crippen LogP contribution < -0.4 is 10.6 Å². The first-order chi connectivity index (χ1) is 7.19. The fourth-order valence-corrected chi connectivity index (χ4v) is 1.31. The molecular weight excluding hydrogens is 192 g/mol. The molecule has 2 N–H and O–H groups in total. The predicted molar refractivity (Wildman–Crippen MR) is 58.2 cm³/mol. The quantitative estimate of drug-likeness (QED) is 0.669. The van der Waals surface area contributed by atoms with Gasteiger partial charge in [0.1, 0.15) is 6.04 Å². The van der Waals surface area contributed by atoms with E-state index >= 15 is 0 Å². The second kappa shape index (κ2) is 5.31. The van der Waals surface area contributed by atoms with E-state index < -0.39 is 0 Å². The molecule has 1 aromatic heterocycles. The minimum Gasteiger partial charge on any atom is -0.351 e. The Hall–Kier alpha value is -1.62. The highest BCUT2D eigenvalue weighted by molar-refractivity contribution is 5.83. The SMILES string of the molecule is C=CCNC(=O)C(NC)c1cnn(C)c1. The van der Waals surface area contributed by atoms with Gasteiger partial charge in [0.25, 0.3) is 0 Å². The summed E-state index contributed by atoms with van der Waals surface area (Å²) in [5.74, 6) is -0.0783. The Morgan fingerprint density at radius 2 is 2.53 bits per heavy atom. The molecule has 82 valence electrons. The maximum Gasteiger partial charge on any atom is 0.242 e. The minimum absolute atomic E-state index is 0.0783. The van der Waals surface area contributed by atoms with Gasteiger partial charge >= 0.3 is 0 Å². The number of carbonyl (C=O) groups excluding carboxylic acids is 1. The zero-order valence-corrected chi connectivity index (χ0v) is 9.03. The second-order valence-corrected chi connectivity index (χ2v) is 3.20. The maximum atomic E-state index is 11.7. The molecule has 0 aromatic carbocycles. The molecule has 1 aromatic rings. The summed E-state index contributed by atoms with van der Waals surface area (Å²) in [7, 11) is 3.56. The van der Waals surface area contributed by atoms with Crippen LogP contribution in [0.15, 0.2) is 25.0 Å². The third-order valence-electron chi connectivity index (χ3n) is 2.03. The van der Waals surface area contributed by atoms with Crippen molar-refractivity contribution in [1.82, 2.24) is 20.4 Å². The van der Waals surface area contributed by atoms with Crippen molar-refractivity contribution in [1.29, 1.82) is 0 Å². The van der Waals surface area contributed by atoms with Gasteiger partial charge in [0.15, 0.2) is 0 Å². The number of hydrogen-bond acceptors (Lipinski definition) is 3. The van der Waals surface area contributed by atoms with Crippen LogP contribution >= 0.6 is 0 Å². The maximum absolute atomic E-state index is 11.7. The van der Waals surface area contributed by atoms with E-state index in [1.807, 2.05) is 13.2 Å². The molecular formula is C10H16N4O. The van der Waals surface area contributed by atoms with E-state index in [1.165, 1.54) is 0 Å². The molecule has 1 atom stereocenters. The number of nitrogens with one attached hydrogen (secondary N) is 2. The summed E-state index contributed by atoms with van der Waals surface area (Å²) >= 11 is 0.